The van der Waals surface area contributed by atoms with E-state index < -0.39 is 73.7 Å². The molecule has 0 aromatic rings. The summed E-state index contributed by atoms with van der Waals surface area (Å²) in [5, 5.41) is 3.92. The first-order chi connectivity index (χ1) is 18.3. The number of amides is 1. The molecule has 0 spiro atoms. The highest BCUT2D eigenvalue weighted by Gasteiger charge is 2.53. The van der Waals surface area contributed by atoms with Crippen LogP contribution in [-0.4, -0.2) is 96.2 Å². The van der Waals surface area contributed by atoms with E-state index in [1.807, 2.05) is 0 Å². The second-order valence-corrected chi connectivity index (χ2v) is 12.0. The largest absolute Gasteiger partial charge is 0.463 e. The quantitative estimate of drug-likeness (QED) is 0.186. The Morgan fingerprint density at radius 3 is 2.03 bits per heavy atom. The first-order valence-corrected chi connectivity index (χ1v) is 15.4. The van der Waals surface area contributed by atoms with Crippen molar-refractivity contribution >= 4 is 65.2 Å². The molecule has 0 bridgehead atoms. The standard InChI is InChI=1S/C21H32N3O12PS2/c1-7-31-37(38,32-8-2)23-24-16(29)10-39-21(24)22-20-19(35-14(6)28)18(34-13(5)27)17(33-12(4)26)15(36-20)9-30-11(3)25/h15,17-20H,7-10H2,1-6H3,(H,23,38)/b22-21+/t15-,17+,18+,19-,20-/m1/s1. The number of hydrazine groups is 1. The first-order valence-electron chi connectivity index (χ1n) is 11.8. The van der Waals surface area contributed by atoms with Crippen LogP contribution in [-0.2, 0) is 68.5 Å². The Hall–Kier alpha value is -2.14. The molecule has 1 N–H and O–H groups in total. The molecule has 0 aliphatic carbocycles. The summed E-state index contributed by atoms with van der Waals surface area (Å²) >= 11 is 6.49. The number of thioether (sulfide) groups is 1. The Morgan fingerprint density at radius 2 is 1.51 bits per heavy atom. The van der Waals surface area contributed by atoms with Crippen LogP contribution >= 0.6 is 18.4 Å². The average Bonchev–Trinajstić information content (AvgIpc) is 3.14. The number of aliphatic imine (C=N–C) groups is 1. The number of amidine groups is 1. The molecule has 2 rings (SSSR count). The predicted molar refractivity (Wildman–Crippen MR) is 139 cm³/mol. The van der Waals surface area contributed by atoms with E-state index in [9.17, 15) is 24.0 Å². The molecule has 5 atom stereocenters. The van der Waals surface area contributed by atoms with Gasteiger partial charge in [0.2, 0.25) is 0 Å². The maximum atomic E-state index is 12.7. The summed E-state index contributed by atoms with van der Waals surface area (Å²) in [6.07, 6.45) is -6.75. The van der Waals surface area contributed by atoms with Gasteiger partial charge < -0.3 is 32.7 Å². The van der Waals surface area contributed by atoms with E-state index in [-0.39, 0.29) is 24.1 Å². The molecular formula is C21H32N3O12PS2. The van der Waals surface area contributed by atoms with Crippen LogP contribution in [0.4, 0.5) is 0 Å². The predicted octanol–water partition coefficient (Wildman–Crippen LogP) is 0.803. The fourth-order valence-electron chi connectivity index (χ4n) is 3.53. The number of ether oxygens (including phenoxy) is 5. The number of carbonyl (C=O) groups excluding carboxylic acids is 5. The van der Waals surface area contributed by atoms with E-state index in [1.165, 1.54) is 0 Å². The van der Waals surface area contributed by atoms with Gasteiger partial charge in [0.1, 0.15) is 12.7 Å². The second-order valence-electron chi connectivity index (χ2n) is 7.95. The normalized spacial score (nSPS) is 26.3. The smallest absolute Gasteiger partial charge is 0.303 e. The lowest BCUT2D eigenvalue weighted by atomic mass is 9.97. The van der Waals surface area contributed by atoms with Crippen LogP contribution in [0.2, 0.25) is 0 Å². The van der Waals surface area contributed by atoms with Crippen LogP contribution in [0.3, 0.4) is 0 Å². The third-order valence-electron chi connectivity index (χ3n) is 4.79. The van der Waals surface area contributed by atoms with E-state index in [0.29, 0.717) is 0 Å². The molecule has 2 aliphatic rings. The molecule has 0 saturated carbocycles. The zero-order valence-corrected chi connectivity index (χ0v) is 24.8. The molecule has 1 amide bonds. The molecule has 2 fully saturated rings. The SMILES string of the molecule is CCOP(=S)(NN1C(=O)CS/C1=N/[C@@H]1O[C@H](COC(C)=O)[C@H](OC(C)=O)[C@H](OC(C)=O)[C@H]1OC(C)=O)OCC. The molecule has 0 aromatic carbocycles. The summed E-state index contributed by atoms with van der Waals surface area (Å²) in [5.41, 5.74) is 0. The van der Waals surface area contributed by atoms with Gasteiger partial charge in [-0.15, -0.1) is 5.20 Å². The molecule has 0 aromatic heterocycles. The van der Waals surface area contributed by atoms with Crippen molar-refractivity contribution in [2.45, 2.75) is 72.2 Å². The summed E-state index contributed by atoms with van der Waals surface area (Å²) in [7, 11) is 0. The van der Waals surface area contributed by atoms with Gasteiger partial charge >= 0.3 is 23.9 Å². The highest BCUT2D eigenvalue weighted by Crippen LogP contribution is 2.45. The van der Waals surface area contributed by atoms with Gasteiger partial charge in [0.15, 0.2) is 29.7 Å². The highest BCUT2D eigenvalue weighted by molar-refractivity contribution is 8.15. The molecule has 2 heterocycles. The number of hydrogen-bond acceptors (Lipinski definition) is 15. The summed E-state index contributed by atoms with van der Waals surface area (Å²) in [6.45, 7) is 4.81. The Morgan fingerprint density at radius 1 is 0.974 bits per heavy atom. The van der Waals surface area contributed by atoms with Crippen LogP contribution in [0.5, 0.6) is 0 Å². The van der Waals surface area contributed by atoms with Crippen molar-refractivity contribution in [2.75, 3.05) is 25.6 Å². The van der Waals surface area contributed by atoms with E-state index in [0.717, 1.165) is 44.5 Å². The van der Waals surface area contributed by atoms with E-state index in [1.54, 1.807) is 13.8 Å². The lowest BCUT2D eigenvalue weighted by Crippen LogP contribution is -2.62. The molecule has 0 unspecified atom stereocenters. The summed E-state index contributed by atoms with van der Waals surface area (Å²) in [6, 6.07) is 0. The molecule has 2 saturated heterocycles. The number of hydrogen-bond donors (Lipinski definition) is 1. The van der Waals surface area contributed by atoms with Crippen LogP contribution in [0.25, 0.3) is 0 Å². The van der Waals surface area contributed by atoms with Crippen molar-refractivity contribution in [2.24, 2.45) is 4.99 Å². The minimum Gasteiger partial charge on any atom is -0.463 e. The summed E-state index contributed by atoms with van der Waals surface area (Å²) in [5.74, 6) is -3.41. The molecule has 2 aliphatic heterocycles. The number of rotatable bonds is 12. The Kier molecular flexibility index (Phi) is 12.7. The lowest BCUT2D eigenvalue weighted by Gasteiger charge is -2.43. The van der Waals surface area contributed by atoms with E-state index in [4.69, 9.17) is 44.5 Å². The van der Waals surface area contributed by atoms with Crippen molar-refractivity contribution in [1.29, 1.82) is 0 Å². The average molecular weight is 614 g/mol. The Bertz CT molecular complexity index is 1020. The van der Waals surface area contributed by atoms with E-state index >= 15 is 0 Å². The highest BCUT2D eigenvalue weighted by atomic mass is 32.5. The van der Waals surface area contributed by atoms with Gasteiger partial charge in [0.05, 0.1) is 19.0 Å². The van der Waals surface area contributed by atoms with E-state index in [2.05, 4.69) is 10.2 Å². The minimum atomic E-state index is -3.14. The van der Waals surface area contributed by atoms with Gasteiger partial charge in [-0.1, -0.05) is 11.8 Å². The molecule has 39 heavy (non-hydrogen) atoms. The van der Waals surface area contributed by atoms with Crippen molar-refractivity contribution in [1.82, 2.24) is 10.2 Å². The van der Waals surface area contributed by atoms with Crippen molar-refractivity contribution in [3.8, 4) is 0 Å². The summed E-state index contributed by atoms with van der Waals surface area (Å²) < 4.78 is 38.3. The maximum absolute atomic E-state index is 12.7. The van der Waals surface area contributed by atoms with Crippen LogP contribution in [0.15, 0.2) is 4.99 Å². The molecule has 220 valence electrons. The number of esters is 4. The van der Waals surface area contributed by atoms with Crippen molar-refractivity contribution < 1.29 is 56.7 Å². The van der Waals surface area contributed by atoms with Gasteiger partial charge in [0, 0.05) is 27.7 Å². The third kappa shape index (κ3) is 9.77. The first kappa shape index (κ1) is 33.1. The van der Waals surface area contributed by atoms with Gasteiger partial charge in [-0.05, 0) is 25.7 Å². The zero-order valence-electron chi connectivity index (χ0n) is 22.3. The molecule has 18 heteroatoms. The zero-order chi connectivity index (χ0) is 29.3. The van der Waals surface area contributed by atoms with Crippen LogP contribution < -0.4 is 5.20 Å². The number of nitrogens with zero attached hydrogens (tertiary/aromatic N) is 2. The minimum absolute atomic E-state index is 0.0231. The lowest BCUT2D eigenvalue weighted by molar-refractivity contribution is -0.251. The molecule has 15 nitrogen and oxygen atoms in total. The fourth-order valence-corrected chi connectivity index (χ4v) is 6.63. The summed E-state index contributed by atoms with van der Waals surface area (Å²) in [4.78, 5) is 64.6. The molecule has 0 radical (unpaired) electrons. The number of carbonyl (C=O) groups is 5. The Labute approximate surface area is 234 Å². The Balaban J connectivity index is 2.54. The van der Waals surface area contributed by atoms with Gasteiger partial charge in [-0.2, -0.15) is 0 Å². The maximum Gasteiger partial charge on any atom is 0.303 e. The topological polar surface area (TPSA) is 178 Å². The number of nitrogens with one attached hydrogen (secondary N) is 1. The van der Waals surface area contributed by atoms with Crippen molar-refractivity contribution in [3.05, 3.63) is 0 Å². The van der Waals surface area contributed by atoms with Crippen LogP contribution in [0.1, 0.15) is 41.5 Å². The third-order valence-corrected chi connectivity index (χ3v) is 8.25. The second kappa shape index (κ2) is 15.0. The van der Waals surface area contributed by atoms with Gasteiger partial charge in [-0.25, -0.2) is 10.0 Å². The van der Waals surface area contributed by atoms with Crippen LogP contribution in [0, 0.1) is 0 Å². The monoisotopic (exact) mass is 613 g/mol. The fraction of sp³-hybridized carbons (Fsp3) is 0.714. The van der Waals surface area contributed by atoms with Gasteiger partial charge in [-0.3, -0.25) is 24.0 Å². The van der Waals surface area contributed by atoms with Gasteiger partial charge in [0.25, 0.3) is 12.5 Å². The van der Waals surface area contributed by atoms with Crippen molar-refractivity contribution in [3.63, 3.8) is 0 Å². The molecular weight excluding hydrogens is 581 g/mol.